The maximum atomic E-state index is 10.3. The van der Waals surface area contributed by atoms with Crippen molar-refractivity contribution in [2.24, 2.45) is 5.92 Å². The van der Waals surface area contributed by atoms with Crippen LogP contribution in [0.25, 0.3) is 0 Å². The van der Waals surface area contributed by atoms with Crippen LogP contribution < -0.4 is 5.32 Å². The van der Waals surface area contributed by atoms with E-state index in [4.69, 9.17) is 5.11 Å². The molecule has 0 aromatic heterocycles. The molecule has 0 bridgehead atoms. The van der Waals surface area contributed by atoms with Crippen molar-refractivity contribution in [2.75, 3.05) is 0 Å². The summed E-state index contributed by atoms with van der Waals surface area (Å²) in [5, 5.41) is 11.0. The highest BCUT2D eigenvalue weighted by Crippen LogP contribution is 2.23. The number of carboxylic acid groups (broad SMARTS) is 1. The van der Waals surface area contributed by atoms with Crippen LogP contribution >= 0.6 is 0 Å². The lowest BCUT2D eigenvalue weighted by Crippen LogP contribution is -2.36. The summed E-state index contributed by atoms with van der Waals surface area (Å²) in [4.78, 5) is 10.3. The fourth-order valence-electron chi connectivity index (χ4n) is 1.74. The van der Waals surface area contributed by atoms with Crippen molar-refractivity contribution in [3.8, 4) is 0 Å². The van der Waals surface area contributed by atoms with Gasteiger partial charge in [0.05, 0.1) is 0 Å². The van der Waals surface area contributed by atoms with E-state index < -0.39 is 6.09 Å². The molecular weight excluding hydrogens is 142 g/mol. The van der Waals surface area contributed by atoms with Gasteiger partial charge in [0.15, 0.2) is 0 Å². The highest BCUT2D eigenvalue weighted by atomic mass is 16.4. The van der Waals surface area contributed by atoms with Gasteiger partial charge in [0.1, 0.15) is 0 Å². The molecule has 64 valence electrons. The number of carbonyl (C=O) groups is 1. The van der Waals surface area contributed by atoms with Crippen LogP contribution in [0.1, 0.15) is 32.6 Å². The Labute approximate surface area is 66.8 Å². The SMILES string of the molecule is CC1CCCC(NC(=O)O)C1. The monoisotopic (exact) mass is 157 g/mol. The van der Waals surface area contributed by atoms with Gasteiger partial charge in [-0.2, -0.15) is 0 Å². The Bertz CT molecular complexity index is 147. The standard InChI is InChI=1S/C8H15NO2/c1-6-3-2-4-7(5-6)9-8(10)11/h6-7,9H,2-5H2,1H3,(H,10,11). The van der Waals surface area contributed by atoms with Gasteiger partial charge in [0, 0.05) is 6.04 Å². The molecule has 2 atom stereocenters. The van der Waals surface area contributed by atoms with Crippen molar-refractivity contribution in [2.45, 2.75) is 38.6 Å². The first-order chi connectivity index (χ1) is 5.18. The summed E-state index contributed by atoms with van der Waals surface area (Å²) in [7, 11) is 0. The van der Waals surface area contributed by atoms with Crippen molar-refractivity contribution < 1.29 is 9.90 Å². The second kappa shape index (κ2) is 3.60. The smallest absolute Gasteiger partial charge is 0.404 e. The number of amides is 1. The normalized spacial score (nSPS) is 31.4. The Morgan fingerprint density at radius 1 is 1.55 bits per heavy atom. The van der Waals surface area contributed by atoms with Crippen molar-refractivity contribution >= 4 is 6.09 Å². The van der Waals surface area contributed by atoms with Crippen molar-refractivity contribution in [3.05, 3.63) is 0 Å². The summed E-state index contributed by atoms with van der Waals surface area (Å²) in [6, 6.07) is 0.205. The average molecular weight is 157 g/mol. The van der Waals surface area contributed by atoms with Gasteiger partial charge in [-0.1, -0.05) is 19.8 Å². The van der Waals surface area contributed by atoms with E-state index >= 15 is 0 Å². The molecule has 2 N–H and O–H groups in total. The molecule has 0 aliphatic heterocycles. The zero-order chi connectivity index (χ0) is 8.27. The van der Waals surface area contributed by atoms with E-state index in [1.165, 1.54) is 6.42 Å². The maximum absolute atomic E-state index is 10.3. The number of rotatable bonds is 1. The molecule has 11 heavy (non-hydrogen) atoms. The Balaban J connectivity index is 2.28. The van der Waals surface area contributed by atoms with Gasteiger partial charge >= 0.3 is 6.09 Å². The van der Waals surface area contributed by atoms with Crippen LogP contribution in [0.5, 0.6) is 0 Å². The second-order valence-corrected chi connectivity index (χ2v) is 3.42. The number of hydrogen-bond donors (Lipinski definition) is 2. The highest BCUT2D eigenvalue weighted by molar-refractivity contribution is 5.64. The van der Waals surface area contributed by atoms with Gasteiger partial charge in [0.2, 0.25) is 0 Å². The van der Waals surface area contributed by atoms with E-state index in [2.05, 4.69) is 12.2 Å². The topological polar surface area (TPSA) is 49.3 Å². The van der Waals surface area contributed by atoms with Gasteiger partial charge in [-0.3, -0.25) is 0 Å². The quantitative estimate of drug-likeness (QED) is 0.610. The van der Waals surface area contributed by atoms with Gasteiger partial charge < -0.3 is 10.4 Å². The van der Waals surface area contributed by atoms with Crippen LogP contribution in [-0.2, 0) is 0 Å². The Morgan fingerprint density at radius 3 is 2.82 bits per heavy atom. The van der Waals surface area contributed by atoms with Crippen molar-refractivity contribution in [1.29, 1.82) is 0 Å². The molecule has 0 aromatic carbocycles. The van der Waals surface area contributed by atoms with E-state index in [-0.39, 0.29) is 6.04 Å². The average Bonchev–Trinajstić information content (AvgIpc) is 1.85. The fourth-order valence-corrected chi connectivity index (χ4v) is 1.74. The molecule has 0 spiro atoms. The predicted octanol–water partition coefficient (Wildman–Crippen LogP) is 1.83. The summed E-state index contributed by atoms with van der Waals surface area (Å²) in [5.41, 5.74) is 0. The molecule has 2 unspecified atom stereocenters. The molecular formula is C8H15NO2. The Kier molecular flexibility index (Phi) is 2.74. The third-order valence-electron chi connectivity index (χ3n) is 2.26. The summed E-state index contributed by atoms with van der Waals surface area (Å²) >= 11 is 0. The lowest BCUT2D eigenvalue weighted by atomic mass is 9.87. The van der Waals surface area contributed by atoms with Gasteiger partial charge in [-0.25, -0.2) is 4.79 Å². The Morgan fingerprint density at radius 2 is 2.27 bits per heavy atom. The van der Waals surface area contributed by atoms with Crippen LogP contribution in [0.4, 0.5) is 4.79 Å². The molecule has 1 fully saturated rings. The fraction of sp³-hybridized carbons (Fsp3) is 0.875. The first-order valence-electron chi connectivity index (χ1n) is 4.18. The van der Waals surface area contributed by atoms with Crippen molar-refractivity contribution in [1.82, 2.24) is 5.32 Å². The minimum atomic E-state index is -0.885. The van der Waals surface area contributed by atoms with Crippen LogP contribution in [-0.4, -0.2) is 17.2 Å². The highest BCUT2D eigenvalue weighted by Gasteiger charge is 2.19. The van der Waals surface area contributed by atoms with E-state index in [9.17, 15) is 4.79 Å². The molecule has 0 heterocycles. The lowest BCUT2D eigenvalue weighted by molar-refractivity contribution is 0.182. The first kappa shape index (κ1) is 8.37. The van der Waals surface area contributed by atoms with Gasteiger partial charge in [0.25, 0.3) is 0 Å². The number of hydrogen-bond acceptors (Lipinski definition) is 1. The minimum absolute atomic E-state index is 0.205. The summed E-state index contributed by atoms with van der Waals surface area (Å²) in [5.74, 6) is 0.681. The van der Waals surface area contributed by atoms with Crippen LogP contribution in [0, 0.1) is 5.92 Å². The Hall–Kier alpha value is -0.730. The molecule has 1 rings (SSSR count). The molecule has 1 aliphatic rings. The molecule has 1 amide bonds. The van der Waals surface area contributed by atoms with Crippen LogP contribution in [0.15, 0.2) is 0 Å². The zero-order valence-electron chi connectivity index (χ0n) is 6.84. The molecule has 1 saturated carbocycles. The third-order valence-corrected chi connectivity index (χ3v) is 2.26. The zero-order valence-corrected chi connectivity index (χ0v) is 6.84. The van der Waals surface area contributed by atoms with E-state index in [1.54, 1.807) is 0 Å². The maximum Gasteiger partial charge on any atom is 0.404 e. The third kappa shape index (κ3) is 2.78. The molecule has 1 aliphatic carbocycles. The predicted molar refractivity (Wildman–Crippen MR) is 42.6 cm³/mol. The first-order valence-corrected chi connectivity index (χ1v) is 4.18. The second-order valence-electron chi connectivity index (χ2n) is 3.42. The van der Waals surface area contributed by atoms with Gasteiger partial charge in [-0.05, 0) is 18.8 Å². The summed E-state index contributed by atoms with van der Waals surface area (Å²) in [6.07, 6.45) is 3.54. The van der Waals surface area contributed by atoms with Gasteiger partial charge in [-0.15, -0.1) is 0 Å². The van der Waals surface area contributed by atoms with E-state index in [1.807, 2.05) is 0 Å². The van der Waals surface area contributed by atoms with E-state index in [0.717, 1.165) is 19.3 Å². The van der Waals surface area contributed by atoms with Crippen LogP contribution in [0.3, 0.4) is 0 Å². The molecule has 3 heteroatoms. The van der Waals surface area contributed by atoms with E-state index in [0.29, 0.717) is 5.92 Å². The minimum Gasteiger partial charge on any atom is -0.465 e. The number of nitrogens with one attached hydrogen (secondary N) is 1. The molecule has 3 nitrogen and oxygen atoms in total. The molecule has 0 aromatic rings. The summed E-state index contributed by atoms with van der Waals surface area (Å²) in [6.45, 7) is 2.18. The van der Waals surface area contributed by atoms with Crippen LogP contribution in [0.2, 0.25) is 0 Å². The molecule has 0 radical (unpaired) electrons. The van der Waals surface area contributed by atoms with Crippen molar-refractivity contribution in [3.63, 3.8) is 0 Å². The lowest BCUT2D eigenvalue weighted by Gasteiger charge is -2.26. The molecule has 0 saturated heterocycles. The largest absolute Gasteiger partial charge is 0.465 e. The summed E-state index contributed by atoms with van der Waals surface area (Å²) < 4.78 is 0.